The molecule has 0 unspecified atom stereocenters. The first-order valence-corrected chi connectivity index (χ1v) is 7.05. The van der Waals surface area contributed by atoms with E-state index in [-0.39, 0.29) is 11.4 Å². The van der Waals surface area contributed by atoms with Crippen molar-refractivity contribution >= 4 is 15.7 Å². The third kappa shape index (κ3) is 2.88. The van der Waals surface area contributed by atoms with Crippen molar-refractivity contribution < 1.29 is 22.3 Å². The summed E-state index contributed by atoms with van der Waals surface area (Å²) in [7, 11) is -4.33. The number of nitrogens with one attached hydrogen (secondary N) is 1. The van der Waals surface area contributed by atoms with Crippen LogP contribution in [0.3, 0.4) is 0 Å². The minimum atomic E-state index is -4.33. The molecular formula is C13H11F2NO3S. The van der Waals surface area contributed by atoms with Gasteiger partial charge in [0.2, 0.25) is 0 Å². The number of phenols is 1. The maximum atomic E-state index is 13.5. The van der Waals surface area contributed by atoms with Crippen molar-refractivity contribution in [1.82, 2.24) is 0 Å². The molecule has 0 radical (unpaired) electrons. The molecule has 4 nitrogen and oxygen atoms in total. The largest absolute Gasteiger partial charge is 0.506 e. The molecule has 2 aromatic carbocycles. The summed E-state index contributed by atoms with van der Waals surface area (Å²) >= 11 is 0. The van der Waals surface area contributed by atoms with Crippen LogP contribution in [0, 0.1) is 18.6 Å². The summed E-state index contributed by atoms with van der Waals surface area (Å²) in [4.78, 5) is -0.822. The molecule has 0 amide bonds. The second-order valence-electron chi connectivity index (χ2n) is 4.20. The summed E-state index contributed by atoms with van der Waals surface area (Å²) in [6.07, 6.45) is 0. The highest BCUT2D eigenvalue weighted by molar-refractivity contribution is 7.92. The molecule has 0 aliphatic carbocycles. The van der Waals surface area contributed by atoms with Crippen LogP contribution in [0.15, 0.2) is 41.3 Å². The summed E-state index contributed by atoms with van der Waals surface area (Å²) in [5, 5.41) is 9.63. The van der Waals surface area contributed by atoms with Crippen LogP contribution < -0.4 is 4.72 Å². The molecular weight excluding hydrogens is 288 g/mol. The first-order chi connectivity index (χ1) is 9.29. The summed E-state index contributed by atoms with van der Waals surface area (Å²) in [5.41, 5.74) is 0.613. The Morgan fingerprint density at radius 3 is 2.45 bits per heavy atom. The lowest BCUT2D eigenvalue weighted by Gasteiger charge is -2.10. The highest BCUT2D eigenvalue weighted by Gasteiger charge is 2.21. The standard InChI is InChI=1S/C13H11F2NO3S/c1-8-2-5-11(12(17)6-8)16-20(18,19)13-7-9(14)3-4-10(13)15/h2-7,16-17H,1H3. The number of hydrogen-bond acceptors (Lipinski definition) is 3. The molecule has 2 rings (SSSR count). The van der Waals surface area contributed by atoms with Crippen molar-refractivity contribution in [3.05, 3.63) is 53.6 Å². The Balaban J connectivity index is 2.43. The van der Waals surface area contributed by atoms with Crippen molar-refractivity contribution in [1.29, 1.82) is 0 Å². The van der Waals surface area contributed by atoms with Crippen LogP contribution in [0.25, 0.3) is 0 Å². The van der Waals surface area contributed by atoms with Crippen LogP contribution in [0.5, 0.6) is 5.75 Å². The number of aryl methyl sites for hydroxylation is 1. The highest BCUT2D eigenvalue weighted by Crippen LogP contribution is 2.27. The molecule has 20 heavy (non-hydrogen) atoms. The van der Waals surface area contributed by atoms with Gasteiger partial charge in [-0.05, 0) is 42.8 Å². The fraction of sp³-hybridized carbons (Fsp3) is 0.0769. The van der Waals surface area contributed by atoms with Crippen LogP contribution in [0.1, 0.15) is 5.56 Å². The van der Waals surface area contributed by atoms with Gasteiger partial charge in [0.15, 0.2) is 0 Å². The molecule has 106 valence electrons. The lowest BCUT2D eigenvalue weighted by molar-refractivity contribution is 0.477. The fourth-order valence-electron chi connectivity index (χ4n) is 1.61. The number of rotatable bonds is 3. The summed E-state index contributed by atoms with van der Waals surface area (Å²) in [5.74, 6) is -2.25. The highest BCUT2D eigenvalue weighted by atomic mass is 32.2. The molecule has 0 atom stereocenters. The van der Waals surface area contributed by atoms with Crippen LogP contribution in [-0.4, -0.2) is 13.5 Å². The number of halogens is 2. The predicted molar refractivity (Wildman–Crippen MR) is 70.0 cm³/mol. The van der Waals surface area contributed by atoms with Crippen molar-refractivity contribution in [2.75, 3.05) is 4.72 Å². The van der Waals surface area contributed by atoms with Crippen molar-refractivity contribution in [3.8, 4) is 5.75 Å². The Kier molecular flexibility index (Phi) is 3.63. The van der Waals surface area contributed by atoms with Gasteiger partial charge in [-0.3, -0.25) is 4.72 Å². The average molecular weight is 299 g/mol. The Labute approximate surface area is 114 Å². The predicted octanol–water partition coefficient (Wildman–Crippen LogP) is 2.78. The van der Waals surface area contributed by atoms with Gasteiger partial charge in [-0.25, -0.2) is 17.2 Å². The summed E-state index contributed by atoms with van der Waals surface area (Å²) in [6.45, 7) is 1.71. The van der Waals surface area contributed by atoms with E-state index < -0.39 is 26.6 Å². The minimum absolute atomic E-state index is 0.112. The van der Waals surface area contributed by atoms with Gasteiger partial charge in [0, 0.05) is 0 Å². The monoisotopic (exact) mass is 299 g/mol. The number of aromatic hydroxyl groups is 1. The number of sulfonamides is 1. The quantitative estimate of drug-likeness (QED) is 0.856. The Hall–Kier alpha value is -2.15. The molecule has 0 aliphatic rings. The van der Waals surface area contributed by atoms with E-state index in [0.29, 0.717) is 6.07 Å². The topological polar surface area (TPSA) is 66.4 Å². The van der Waals surface area contributed by atoms with E-state index in [1.807, 2.05) is 4.72 Å². The SMILES string of the molecule is Cc1ccc(NS(=O)(=O)c2cc(F)ccc2F)c(O)c1. The Morgan fingerprint density at radius 1 is 1.10 bits per heavy atom. The van der Waals surface area contributed by atoms with Crippen LogP contribution in [0.2, 0.25) is 0 Å². The zero-order valence-electron chi connectivity index (χ0n) is 10.4. The number of phenolic OH excluding ortho intramolecular Hbond substituents is 1. The van der Waals surface area contributed by atoms with Crippen LogP contribution in [-0.2, 0) is 10.0 Å². The molecule has 0 saturated carbocycles. The van der Waals surface area contributed by atoms with Gasteiger partial charge in [0.25, 0.3) is 10.0 Å². The first-order valence-electron chi connectivity index (χ1n) is 5.57. The van der Waals surface area contributed by atoms with E-state index in [0.717, 1.165) is 17.7 Å². The third-order valence-electron chi connectivity index (χ3n) is 2.58. The molecule has 2 N–H and O–H groups in total. The average Bonchev–Trinajstić information content (AvgIpc) is 2.35. The Bertz CT molecular complexity index is 760. The van der Waals surface area contributed by atoms with Gasteiger partial charge in [-0.15, -0.1) is 0 Å². The first kappa shape index (κ1) is 14.3. The Morgan fingerprint density at radius 2 is 1.80 bits per heavy atom. The van der Waals surface area contributed by atoms with E-state index >= 15 is 0 Å². The molecule has 0 aliphatic heterocycles. The van der Waals surface area contributed by atoms with Gasteiger partial charge in [-0.2, -0.15) is 0 Å². The number of anilines is 1. The lowest BCUT2D eigenvalue weighted by Crippen LogP contribution is -2.15. The number of hydrogen-bond donors (Lipinski definition) is 2. The smallest absolute Gasteiger partial charge is 0.265 e. The van der Waals surface area contributed by atoms with Crippen LogP contribution >= 0.6 is 0 Å². The fourth-order valence-corrected chi connectivity index (χ4v) is 2.78. The molecule has 0 aromatic heterocycles. The summed E-state index contributed by atoms with van der Waals surface area (Å²) < 4.78 is 52.5. The van der Waals surface area contributed by atoms with Gasteiger partial charge in [0.05, 0.1) is 5.69 Å². The minimum Gasteiger partial charge on any atom is -0.506 e. The van der Waals surface area contributed by atoms with E-state index in [9.17, 15) is 22.3 Å². The van der Waals surface area contributed by atoms with E-state index in [4.69, 9.17) is 0 Å². The van der Waals surface area contributed by atoms with E-state index in [1.54, 1.807) is 13.0 Å². The second-order valence-corrected chi connectivity index (χ2v) is 5.85. The molecule has 0 heterocycles. The molecule has 0 fully saturated rings. The van der Waals surface area contributed by atoms with Gasteiger partial charge in [-0.1, -0.05) is 6.07 Å². The van der Waals surface area contributed by atoms with Gasteiger partial charge >= 0.3 is 0 Å². The van der Waals surface area contributed by atoms with E-state index in [1.165, 1.54) is 12.1 Å². The van der Waals surface area contributed by atoms with Gasteiger partial charge in [0.1, 0.15) is 22.3 Å². The normalized spacial score (nSPS) is 11.3. The summed E-state index contributed by atoms with van der Waals surface area (Å²) in [6, 6.07) is 6.36. The third-order valence-corrected chi connectivity index (χ3v) is 3.96. The number of benzene rings is 2. The molecule has 2 aromatic rings. The zero-order chi connectivity index (χ0) is 14.9. The van der Waals surface area contributed by atoms with Crippen LogP contribution in [0.4, 0.5) is 14.5 Å². The van der Waals surface area contributed by atoms with Crippen molar-refractivity contribution in [2.24, 2.45) is 0 Å². The van der Waals surface area contributed by atoms with Crippen molar-refractivity contribution in [2.45, 2.75) is 11.8 Å². The maximum absolute atomic E-state index is 13.5. The zero-order valence-corrected chi connectivity index (χ0v) is 11.2. The second kappa shape index (κ2) is 5.09. The van der Waals surface area contributed by atoms with Crippen molar-refractivity contribution in [3.63, 3.8) is 0 Å². The molecule has 7 heteroatoms. The maximum Gasteiger partial charge on any atom is 0.265 e. The molecule has 0 saturated heterocycles. The van der Waals surface area contributed by atoms with Gasteiger partial charge < -0.3 is 5.11 Å². The molecule has 0 bridgehead atoms. The van der Waals surface area contributed by atoms with E-state index in [2.05, 4.69) is 0 Å². The lowest BCUT2D eigenvalue weighted by atomic mass is 10.2. The molecule has 0 spiro atoms.